The molecule has 1 aliphatic heterocycles. The minimum absolute atomic E-state index is 0.184. The first-order valence-electron chi connectivity index (χ1n) is 10.6. The van der Waals surface area contributed by atoms with E-state index >= 15 is 0 Å². The van der Waals surface area contributed by atoms with Crippen molar-refractivity contribution < 1.29 is 9.59 Å². The number of guanidine groups is 1. The Kier molecular flexibility index (Phi) is 5.84. The lowest BCUT2D eigenvalue weighted by Crippen LogP contribution is -2.41. The summed E-state index contributed by atoms with van der Waals surface area (Å²) in [5.74, 6) is 0.422. The van der Waals surface area contributed by atoms with Gasteiger partial charge in [0.25, 0.3) is 11.8 Å². The molecule has 0 spiro atoms. The lowest BCUT2D eigenvalue weighted by atomic mass is 9.96. The number of hydrogen-bond donors (Lipinski definition) is 2. The van der Waals surface area contributed by atoms with Gasteiger partial charge in [0, 0.05) is 32.1 Å². The van der Waals surface area contributed by atoms with Crippen LogP contribution in [0.5, 0.6) is 0 Å². The molecule has 0 atom stereocenters. The number of carbonyl (C=O) groups is 2. The first kappa shape index (κ1) is 20.1. The second-order valence-electron chi connectivity index (χ2n) is 8.01. The van der Waals surface area contributed by atoms with E-state index in [0.717, 1.165) is 31.9 Å². The van der Waals surface area contributed by atoms with E-state index in [1.165, 1.54) is 23.3 Å². The number of carbonyl (C=O) groups excluding carboxylic acids is 2. The molecule has 2 aromatic carbocycles. The smallest absolute Gasteiger partial charge is 0.261 e. The standard InChI is InChI=1S/C24H28N4O2/c1-25-23(27-17-24(13-14-24)18-9-3-2-4-10-18)26-15-7-8-16-28-21(29)19-11-5-6-12-20(19)22(28)30/h2-6,9-12H,7-8,13-17H2,1H3,(H2,25,26,27). The second kappa shape index (κ2) is 8.69. The summed E-state index contributed by atoms with van der Waals surface area (Å²) in [6.45, 7) is 2.05. The summed E-state index contributed by atoms with van der Waals surface area (Å²) in [4.78, 5) is 30.4. The Morgan fingerprint density at radius 1 is 0.933 bits per heavy atom. The topological polar surface area (TPSA) is 73.8 Å². The molecule has 2 aliphatic rings. The quantitative estimate of drug-likeness (QED) is 0.307. The van der Waals surface area contributed by atoms with E-state index in [4.69, 9.17) is 0 Å². The molecule has 2 amide bonds. The normalized spacial score (nSPS) is 17.1. The van der Waals surface area contributed by atoms with Gasteiger partial charge in [-0.2, -0.15) is 0 Å². The average Bonchev–Trinajstić information content (AvgIpc) is 3.55. The van der Waals surface area contributed by atoms with Gasteiger partial charge < -0.3 is 10.6 Å². The molecule has 1 aliphatic carbocycles. The van der Waals surface area contributed by atoms with E-state index in [9.17, 15) is 9.59 Å². The van der Waals surface area contributed by atoms with E-state index in [-0.39, 0.29) is 17.2 Å². The van der Waals surface area contributed by atoms with E-state index in [0.29, 0.717) is 17.7 Å². The number of hydrogen-bond acceptors (Lipinski definition) is 3. The summed E-state index contributed by atoms with van der Waals surface area (Å²) in [5.41, 5.74) is 2.63. The van der Waals surface area contributed by atoms with Crippen molar-refractivity contribution in [3.63, 3.8) is 0 Å². The maximum Gasteiger partial charge on any atom is 0.261 e. The number of imide groups is 1. The summed E-state index contributed by atoms with van der Waals surface area (Å²) in [6.07, 6.45) is 3.99. The third kappa shape index (κ3) is 4.08. The number of benzene rings is 2. The fourth-order valence-electron chi connectivity index (χ4n) is 4.03. The third-order valence-electron chi connectivity index (χ3n) is 6.04. The van der Waals surface area contributed by atoms with Crippen LogP contribution in [-0.4, -0.2) is 49.4 Å². The number of nitrogens with zero attached hydrogens (tertiary/aromatic N) is 2. The van der Waals surface area contributed by atoms with Crippen molar-refractivity contribution in [2.75, 3.05) is 26.7 Å². The fraction of sp³-hybridized carbons (Fsp3) is 0.375. The Balaban J connectivity index is 1.18. The van der Waals surface area contributed by atoms with E-state index in [1.807, 2.05) is 0 Å². The lowest BCUT2D eigenvalue weighted by Gasteiger charge is -2.19. The van der Waals surface area contributed by atoms with Crippen LogP contribution in [0.4, 0.5) is 0 Å². The Bertz CT molecular complexity index is 916. The fourth-order valence-corrected chi connectivity index (χ4v) is 4.03. The molecule has 1 saturated carbocycles. The number of amides is 2. The summed E-state index contributed by atoms with van der Waals surface area (Å²) in [6, 6.07) is 17.7. The van der Waals surface area contributed by atoms with Gasteiger partial charge in [-0.25, -0.2) is 0 Å². The molecule has 2 N–H and O–H groups in total. The van der Waals surface area contributed by atoms with Crippen molar-refractivity contribution >= 4 is 17.8 Å². The number of nitrogens with one attached hydrogen (secondary N) is 2. The molecule has 0 aromatic heterocycles. The maximum atomic E-state index is 12.4. The summed E-state index contributed by atoms with van der Waals surface area (Å²) < 4.78 is 0. The summed E-state index contributed by atoms with van der Waals surface area (Å²) in [5, 5.41) is 6.79. The molecule has 30 heavy (non-hydrogen) atoms. The minimum Gasteiger partial charge on any atom is -0.356 e. The van der Waals surface area contributed by atoms with Crippen LogP contribution in [-0.2, 0) is 5.41 Å². The van der Waals surface area contributed by atoms with Crippen molar-refractivity contribution in [1.29, 1.82) is 0 Å². The summed E-state index contributed by atoms with van der Waals surface area (Å²) in [7, 11) is 1.77. The van der Waals surface area contributed by atoms with Crippen LogP contribution in [0.3, 0.4) is 0 Å². The Morgan fingerprint density at radius 3 is 2.17 bits per heavy atom. The Morgan fingerprint density at radius 2 is 1.57 bits per heavy atom. The first-order valence-corrected chi connectivity index (χ1v) is 10.6. The Hall–Kier alpha value is -3.15. The maximum absolute atomic E-state index is 12.4. The molecular weight excluding hydrogens is 376 g/mol. The van der Waals surface area contributed by atoms with Gasteiger partial charge in [0.1, 0.15) is 0 Å². The molecule has 0 unspecified atom stereocenters. The highest BCUT2D eigenvalue weighted by Gasteiger charge is 2.44. The minimum atomic E-state index is -0.184. The summed E-state index contributed by atoms with van der Waals surface area (Å²) >= 11 is 0. The van der Waals surface area contributed by atoms with Gasteiger partial charge in [0.2, 0.25) is 0 Å². The van der Waals surface area contributed by atoms with Crippen molar-refractivity contribution in [1.82, 2.24) is 15.5 Å². The number of rotatable bonds is 8. The Labute approximate surface area is 177 Å². The molecule has 0 saturated heterocycles. The van der Waals surface area contributed by atoms with Gasteiger partial charge in [-0.1, -0.05) is 42.5 Å². The van der Waals surface area contributed by atoms with E-state index in [1.54, 1.807) is 31.3 Å². The molecule has 1 heterocycles. The van der Waals surface area contributed by atoms with E-state index < -0.39 is 0 Å². The van der Waals surface area contributed by atoms with Crippen molar-refractivity contribution in [2.24, 2.45) is 4.99 Å². The van der Waals surface area contributed by atoms with Crippen LogP contribution >= 0.6 is 0 Å². The first-order chi connectivity index (χ1) is 14.6. The zero-order chi connectivity index (χ0) is 21.0. The third-order valence-corrected chi connectivity index (χ3v) is 6.04. The molecule has 0 radical (unpaired) electrons. The molecule has 1 fully saturated rings. The molecule has 156 valence electrons. The van der Waals surface area contributed by atoms with Crippen molar-refractivity contribution in [3.05, 3.63) is 71.3 Å². The second-order valence-corrected chi connectivity index (χ2v) is 8.01. The van der Waals surface area contributed by atoms with Crippen LogP contribution in [0.25, 0.3) is 0 Å². The van der Waals surface area contributed by atoms with Gasteiger partial charge in [-0.15, -0.1) is 0 Å². The zero-order valence-electron chi connectivity index (χ0n) is 17.4. The highest BCUT2D eigenvalue weighted by atomic mass is 16.2. The van der Waals surface area contributed by atoms with Crippen LogP contribution < -0.4 is 10.6 Å². The van der Waals surface area contributed by atoms with E-state index in [2.05, 4.69) is 46.0 Å². The molecule has 0 bridgehead atoms. The van der Waals surface area contributed by atoms with Gasteiger partial charge in [-0.3, -0.25) is 19.5 Å². The SMILES string of the molecule is CN=C(NCCCCN1C(=O)c2ccccc2C1=O)NCC1(c2ccccc2)CC1. The predicted octanol–water partition coefficient (Wildman–Crippen LogP) is 2.96. The lowest BCUT2D eigenvalue weighted by molar-refractivity contribution is 0.0652. The van der Waals surface area contributed by atoms with Crippen LogP contribution in [0.15, 0.2) is 59.6 Å². The van der Waals surface area contributed by atoms with Gasteiger partial charge in [-0.05, 0) is 43.4 Å². The zero-order valence-corrected chi connectivity index (χ0v) is 17.4. The number of aliphatic imine (C=N–C) groups is 1. The van der Waals surface area contributed by atoms with Crippen LogP contribution in [0.2, 0.25) is 0 Å². The molecular formula is C24H28N4O2. The molecule has 6 heteroatoms. The molecule has 4 rings (SSSR count). The highest BCUT2D eigenvalue weighted by molar-refractivity contribution is 6.21. The van der Waals surface area contributed by atoms with Gasteiger partial charge in [0.05, 0.1) is 11.1 Å². The van der Waals surface area contributed by atoms with Gasteiger partial charge in [0.15, 0.2) is 5.96 Å². The molecule has 2 aromatic rings. The molecule has 6 nitrogen and oxygen atoms in total. The van der Waals surface area contributed by atoms with Gasteiger partial charge >= 0.3 is 0 Å². The number of unbranched alkanes of at least 4 members (excludes halogenated alkanes) is 1. The monoisotopic (exact) mass is 404 g/mol. The van der Waals surface area contributed by atoms with Crippen molar-refractivity contribution in [2.45, 2.75) is 31.1 Å². The average molecular weight is 405 g/mol. The highest BCUT2D eigenvalue weighted by Crippen LogP contribution is 2.47. The predicted molar refractivity (Wildman–Crippen MR) is 118 cm³/mol. The largest absolute Gasteiger partial charge is 0.356 e. The van der Waals surface area contributed by atoms with Crippen LogP contribution in [0.1, 0.15) is 52.0 Å². The van der Waals surface area contributed by atoms with Crippen molar-refractivity contribution in [3.8, 4) is 0 Å². The number of fused-ring (bicyclic) bond motifs is 1. The van der Waals surface area contributed by atoms with Crippen LogP contribution in [0, 0.1) is 0 Å².